The molecule has 94 valence electrons. The van der Waals surface area contributed by atoms with E-state index < -0.39 is 0 Å². The molecule has 0 unspecified atom stereocenters. The van der Waals surface area contributed by atoms with Crippen LogP contribution >= 0.6 is 45.3 Å². The summed E-state index contributed by atoms with van der Waals surface area (Å²) in [5.74, 6) is 0. The van der Waals surface area contributed by atoms with Gasteiger partial charge < -0.3 is 0 Å². The zero-order chi connectivity index (χ0) is 13.1. The predicted octanol–water partition coefficient (Wildman–Crippen LogP) is 6.25. The Morgan fingerprint density at radius 1 is 0.842 bits per heavy atom. The smallest absolute Gasteiger partial charge is 0.0448 e. The minimum absolute atomic E-state index is 1.24. The molecule has 0 aliphatic carbocycles. The third-order valence-electron chi connectivity index (χ3n) is 2.70. The molecule has 0 saturated carbocycles. The largest absolute Gasteiger partial charge is 0.143 e. The Bertz CT molecular complexity index is 676. The summed E-state index contributed by atoms with van der Waals surface area (Å²) in [4.78, 5) is 3.98. The average Bonchev–Trinajstić information content (AvgIpc) is 3.09. The van der Waals surface area contributed by atoms with Gasteiger partial charge in [-0.25, -0.2) is 0 Å². The SMILES string of the molecule is [125I]c1ccc(/C=C/c2ccc(-c3cccs3)s2)cc1. The van der Waals surface area contributed by atoms with Crippen LogP contribution in [0.25, 0.3) is 21.9 Å². The van der Waals surface area contributed by atoms with Crippen LogP contribution in [0.15, 0.2) is 53.9 Å². The van der Waals surface area contributed by atoms with E-state index in [1.807, 2.05) is 11.3 Å². The molecule has 0 amide bonds. The summed E-state index contributed by atoms with van der Waals surface area (Å²) in [6, 6.07) is 17.2. The summed E-state index contributed by atoms with van der Waals surface area (Å²) in [7, 11) is 0. The van der Waals surface area contributed by atoms with Crippen molar-refractivity contribution < 1.29 is 0 Å². The zero-order valence-corrected chi connectivity index (χ0v) is 13.8. The van der Waals surface area contributed by atoms with E-state index in [-0.39, 0.29) is 0 Å². The van der Waals surface area contributed by atoms with Crippen LogP contribution in [0.2, 0.25) is 0 Å². The number of benzene rings is 1. The van der Waals surface area contributed by atoms with Crippen molar-refractivity contribution in [3.63, 3.8) is 0 Å². The second-order valence-corrected chi connectivity index (χ2v) is 7.37. The van der Waals surface area contributed by atoms with Crippen molar-refractivity contribution in [2.45, 2.75) is 0 Å². The zero-order valence-electron chi connectivity index (χ0n) is 10.0. The van der Waals surface area contributed by atoms with Crippen molar-refractivity contribution in [2.75, 3.05) is 0 Å². The van der Waals surface area contributed by atoms with Gasteiger partial charge in [-0.3, -0.25) is 0 Å². The highest BCUT2D eigenvalue weighted by Crippen LogP contribution is 2.32. The third kappa shape index (κ3) is 3.35. The molecular formula is C16H11IS2. The molecule has 0 atom stereocenters. The molecule has 2 aromatic heterocycles. The Balaban J connectivity index is 1.78. The van der Waals surface area contributed by atoms with E-state index in [1.165, 1.54) is 23.8 Å². The molecule has 0 N–H and O–H groups in total. The summed E-state index contributed by atoms with van der Waals surface area (Å²) in [6.07, 6.45) is 4.35. The monoisotopic (exact) mass is 392 g/mol. The van der Waals surface area contributed by atoms with Gasteiger partial charge in [0.1, 0.15) is 0 Å². The van der Waals surface area contributed by atoms with Crippen molar-refractivity contribution in [3.05, 3.63) is 67.9 Å². The first kappa shape index (κ1) is 13.1. The van der Waals surface area contributed by atoms with Crippen molar-refractivity contribution in [3.8, 4) is 9.75 Å². The Kier molecular flexibility index (Phi) is 4.15. The van der Waals surface area contributed by atoms with Crippen LogP contribution in [0.5, 0.6) is 0 Å². The summed E-state index contributed by atoms with van der Waals surface area (Å²) in [6.45, 7) is 0. The van der Waals surface area contributed by atoms with Gasteiger partial charge in [0.2, 0.25) is 0 Å². The minimum Gasteiger partial charge on any atom is -0.143 e. The number of thiophene rings is 2. The van der Waals surface area contributed by atoms with Crippen molar-refractivity contribution >= 4 is 57.4 Å². The quantitative estimate of drug-likeness (QED) is 0.462. The molecule has 0 radical (unpaired) electrons. The lowest BCUT2D eigenvalue weighted by molar-refractivity contribution is 1.61. The van der Waals surface area contributed by atoms with Gasteiger partial charge in [-0.1, -0.05) is 24.3 Å². The molecule has 0 spiro atoms. The molecule has 3 aromatic rings. The molecule has 0 fully saturated rings. The van der Waals surface area contributed by atoms with E-state index in [9.17, 15) is 0 Å². The summed E-state index contributed by atoms with van der Waals surface area (Å²) in [5, 5.41) is 2.12. The second kappa shape index (κ2) is 6.03. The van der Waals surface area contributed by atoms with Crippen LogP contribution in [-0.2, 0) is 0 Å². The lowest BCUT2D eigenvalue weighted by Crippen LogP contribution is -1.72. The molecule has 0 aliphatic rings. The maximum absolute atomic E-state index is 2.32. The molecule has 19 heavy (non-hydrogen) atoms. The first-order valence-corrected chi connectivity index (χ1v) is 8.66. The molecular weight excluding hydrogens is 381 g/mol. The maximum atomic E-state index is 2.32. The van der Waals surface area contributed by atoms with Crippen LogP contribution in [0.3, 0.4) is 0 Å². The lowest BCUT2D eigenvalue weighted by atomic mass is 10.2. The molecule has 3 rings (SSSR count). The Labute approximate surface area is 134 Å². The normalized spacial score (nSPS) is 11.2. The van der Waals surface area contributed by atoms with Crippen molar-refractivity contribution in [2.24, 2.45) is 0 Å². The number of hydrogen-bond acceptors (Lipinski definition) is 2. The highest BCUT2D eigenvalue weighted by Gasteiger charge is 2.01. The molecule has 0 saturated heterocycles. The lowest BCUT2D eigenvalue weighted by Gasteiger charge is -1.93. The predicted molar refractivity (Wildman–Crippen MR) is 95.7 cm³/mol. The van der Waals surface area contributed by atoms with Crippen LogP contribution in [0.1, 0.15) is 10.4 Å². The van der Waals surface area contributed by atoms with Gasteiger partial charge in [-0.05, 0) is 69.9 Å². The Morgan fingerprint density at radius 3 is 2.42 bits per heavy atom. The first-order chi connectivity index (χ1) is 9.31. The van der Waals surface area contributed by atoms with Crippen molar-refractivity contribution in [1.82, 2.24) is 0 Å². The van der Waals surface area contributed by atoms with E-state index in [0.29, 0.717) is 0 Å². The first-order valence-electron chi connectivity index (χ1n) is 5.89. The van der Waals surface area contributed by atoms with Gasteiger partial charge >= 0.3 is 0 Å². The summed E-state index contributed by atoms with van der Waals surface area (Å²) in [5.41, 5.74) is 1.24. The van der Waals surface area contributed by atoms with Gasteiger partial charge in [-0.15, -0.1) is 22.7 Å². The Morgan fingerprint density at radius 2 is 1.68 bits per heavy atom. The van der Waals surface area contributed by atoms with E-state index in [2.05, 4.69) is 88.7 Å². The summed E-state index contributed by atoms with van der Waals surface area (Å²) < 4.78 is 1.27. The van der Waals surface area contributed by atoms with Gasteiger partial charge in [-0.2, -0.15) is 0 Å². The van der Waals surface area contributed by atoms with E-state index in [4.69, 9.17) is 0 Å². The highest BCUT2D eigenvalue weighted by molar-refractivity contribution is 14.1. The van der Waals surface area contributed by atoms with Gasteiger partial charge in [0.25, 0.3) is 0 Å². The molecule has 3 heteroatoms. The van der Waals surface area contributed by atoms with Gasteiger partial charge in [0, 0.05) is 18.2 Å². The maximum Gasteiger partial charge on any atom is 0.0448 e. The average molecular weight is 392 g/mol. The van der Waals surface area contributed by atoms with E-state index >= 15 is 0 Å². The van der Waals surface area contributed by atoms with Crippen molar-refractivity contribution in [1.29, 1.82) is 0 Å². The van der Waals surface area contributed by atoms with E-state index in [0.717, 1.165) is 0 Å². The highest BCUT2D eigenvalue weighted by atomic mass is 125. The number of hydrogen-bond donors (Lipinski definition) is 0. The number of halogens is 1. The number of rotatable bonds is 3. The van der Waals surface area contributed by atoms with Crippen LogP contribution in [0, 0.1) is 3.57 Å². The standard InChI is InChI=1S/C16H11IS2/c17-13-6-3-12(4-7-13)5-8-14-9-10-16(19-14)15-2-1-11-18-15/h1-11H/b8-5+/i17-2. The van der Waals surface area contributed by atoms with E-state index in [1.54, 1.807) is 11.3 Å². The fourth-order valence-corrected chi connectivity index (χ4v) is 3.85. The van der Waals surface area contributed by atoms with Crippen LogP contribution < -0.4 is 0 Å². The second-order valence-electron chi connectivity index (χ2n) is 4.06. The fourth-order valence-electron chi connectivity index (χ4n) is 1.75. The minimum atomic E-state index is 1.24. The molecule has 2 heterocycles. The van der Waals surface area contributed by atoms with Gasteiger partial charge in [0.15, 0.2) is 0 Å². The third-order valence-corrected chi connectivity index (χ3v) is 5.54. The molecule has 0 aliphatic heterocycles. The molecule has 0 bridgehead atoms. The molecule has 1 aromatic carbocycles. The van der Waals surface area contributed by atoms with Crippen LogP contribution in [0.4, 0.5) is 0 Å². The topological polar surface area (TPSA) is 0 Å². The molecule has 0 nitrogen and oxygen atoms in total. The fraction of sp³-hybridized carbons (Fsp3) is 0. The van der Waals surface area contributed by atoms with Gasteiger partial charge in [0.05, 0.1) is 0 Å². The summed E-state index contributed by atoms with van der Waals surface area (Å²) >= 11 is 5.95. The van der Waals surface area contributed by atoms with Crippen LogP contribution in [-0.4, -0.2) is 0 Å². The Hall–Kier alpha value is -0.910.